The molecule has 2 rings (SSSR count). The predicted octanol–water partition coefficient (Wildman–Crippen LogP) is 2.10. The molecule has 4 nitrogen and oxygen atoms in total. The Bertz CT molecular complexity index is 451. The van der Waals surface area contributed by atoms with E-state index in [1.165, 1.54) is 5.69 Å². The summed E-state index contributed by atoms with van der Waals surface area (Å²) in [5.74, 6) is 0.0682. The zero-order chi connectivity index (χ0) is 13.8. The summed E-state index contributed by atoms with van der Waals surface area (Å²) < 4.78 is 0. The fraction of sp³-hybridized carbons (Fsp3) is 0.533. The maximum absolute atomic E-state index is 11.5. The van der Waals surface area contributed by atoms with E-state index in [-0.39, 0.29) is 5.91 Å². The highest BCUT2D eigenvalue weighted by molar-refractivity contribution is 5.92. The number of benzene rings is 1. The van der Waals surface area contributed by atoms with Crippen molar-refractivity contribution in [3.63, 3.8) is 0 Å². The zero-order valence-corrected chi connectivity index (χ0v) is 12.1. The van der Waals surface area contributed by atoms with Crippen LogP contribution in [0.5, 0.6) is 0 Å². The summed E-state index contributed by atoms with van der Waals surface area (Å²) in [5.41, 5.74) is 3.33. The largest absolute Gasteiger partial charge is 0.369 e. The average molecular weight is 261 g/mol. The van der Waals surface area contributed by atoms with Gasteiger partial charge in [-0.15, -0.1) is 0 Å². The lowest BCUT2D eigenvalue weighted by atomic mass is 10.1. The van der Waals surface area contributed by atoms with E-state index >= 15 is 0 Å². The summed E-state index contributed by atoms with van der Waals surface area (Å²) in [6.07, 6.45) is 0.512. The highest BCUT2D eigenvalue weighted by Crippen LogP contribution is 2.27. The van der Waals surface area contributed by atoms with E-state index in [1.54, 1.807) is 0 Å². The first-order chi connectivity index (χ1) is 9.11. The molecule has 1 fully saturated rings. The van der Waals surface area contributed by atoms with E-state index in [2.05, 4.69) is 35.2 Å². The van der Waals surface area contributed by atoms with Crippen LogP contribution in [0.3, 0.4) is 0 Å². The Morgan fingerprint density at radius 1 is 1.26 bits per heavy atom. The zero-order valence-electron chi connectivity index (χ0n) is 12.1. The highest BCUT2D eigenvalue weighted by Gasteiger charge is 2.17. The van der Waals surface area contributed by atoms with Gasteiger partial charge in [-0.1, -0.05) is 13.0 Å². The van der Waals surface area contributed by atoms with E-state index in [1.807, 2.05) is 19.1 Å². The summed E-state index contributed by atoms with van der Waals surface area (Å²) in [6.45, 7) is 8.22. The molecule has 104 valence electrons. The van der Waals surface area contributed by atoms with Crippen molar-refractivity contribution in [1.29, 1.82) is 0 Å². The molecule has 1 amide bonds. The maximum atomic E-state index is 11.5. The van der Waals surface area contributed by atoms with Crippen molar-refractivity contribution in [1.82, 2.24) is 4.90 Å². The normalized spacial score (nSPS) is 16.5. The number of hydrogen-bond acceptors (Lipinski definition) is 3. The molecule has 1 heterocycles. The Balaban J connectivity index is 2.17. The average Bonchev–Trinajstić information content (AvgIpc) is 2.42. The molecular formula is C15H23N3O. The van der Waals surface area contributed by atoms with E-state index in [0.717, 1.165) is 37.4 Å². The van der Waals surface area contributed by atoms with Gasteiger partial charge in [0.2, 0.25) is 5.91 Å². The molecule has 0 saturated carbocycles. The van der Waals surface area contributed by atoms with Crippen molar-refractivity contribution in [2.75, 3.05) is 43.4 Å². The molecule has 1 aromatic rings. The third-order valence-corrected chi connectivity index (χ3v) is 3.74. The predicted molar refractivity (Wildman–Crippen MR) is 79.8 cm³/mol. The molecule has 1 saturated heterocycles. The number of likely N-dealkylation sites (N-methyl/N-ethyl adjacent to an activating group) is 1. The van der Waals surface area contributed by atoms with Gasteiger partial charge in [-0.2, -0.15) is 0 Å². The van der Waals surface area contributed by atoms with E-state index in [0.29, 0.717) is 6.42 Å². The van der Waals surface area contributed by atoms with Crippen LogP contribution in [0.4, 0.5) is 11.4 Å². The molecule has 0 aromatic heterocycles. The van der Waals surface area contributed by atoms with Crippen molar-refractivity contribution >= 4 is 17.3 Å². The van der Waals surface area contributed by atoms with Crippen LogP contribution in [0, 0.1) is 6.92 Å². The summed E-state index contributed by atoms with van der Waals surface area (Å²) in [6, 6.07) is 6.14. The monoisotopic (exact) mass is 261 g/mol. The van der Waals surface area contributed by atoms with Crippen molar-refractivity contribution in [2.45, 2.75) is 20.3 Å². The minimum absolute atomic E-state index is 0.0682. The van der Waals surface area contributed by atoms with Crippen LogP contribution in [0.25, 0.3) is 0 Å². The van der Waals surface area contributed by atoms with Gasteiger partial charge in [0.1, 0.15) is 0 Å². The second kappa shape index (κ2) is 6.06. The van der Waals surface area contributed by atoms with E-state index < -0.39 is 0 Å². The van der Waals surface area contributed by atoms with Gasteiger partial charge < -0.3 is 15.1 Å². The Labute approximate surface area is 115 Å². The van der Waals surface area contributed by atoms with Gasteiger partial charge >= 0.3 is 0 Å². The number of carbonyl (C=O) groups is 1. The van der Waals surface area contributed by atoms with Gasteiger partial charge in [0, 0.05) is 44.0 Å². The van der Waals surface area contributed by atoms with Crippen LogP contribution < -0.4 is 10.2 Å². The van der Waals surface area contributed by atoms with Crippen LogP contribution in [-0.4, -0.2) is 44.0 Å². The lowest BCUT2D eigenvalue weighted by molar-refractivity contribution is -0.115. The SMILES string of the molecule is CCC(=O)Nc1cccc(N2CCN(C)CC2)c1C. The summed E-state index contributed by atoms with van der Waals surface area (Å²) in [4.78, 5) is 16.3. The Hall–Kier alpha value is -1.55. The van der Waals surface area contributed by atoms with Gasteiger partial charge in [0.15, 0.2) is 0 Å². The molecule has 0 radical (unpaired) electrons. The van der Waals surface area contributed by atoms with Crippen molar-refractivity contribution in [3.05, 3.63) is 23.8 Å². The van der Waals surface area contributed by atoms with Crippen LogP contribution in [-0.2, 0) is 4.79 Å². The van der Waals surface area contributed by atoms with Gasteiger partial charge in [0.25, 0.3) is 0 Å². The summed E-state index contributed by atoms with van der Waals surface area (Å²) in [5, 5.41) is 2.97. The van der Waals surface area contributed by atoms with Gasteiger partial charge in [0.05, 0.1) is 0 Å². The van der Waals surface area contributed by atoms with Gasteiger partial charge in [-0.05, 0) is 31.7 Å². The molecule has 1 aromatic carbocycles. The smallest absolute Gasteiger partial charge is 0.224 e. The second-order valence-corrected chi connectivity index (χ2v) is 5.14. The number of nitrogens with zero attached hydrogens (tertiary/aromatic N) is 2. The van der Waals surface area contributed by atoms with Crippen LogP contribution in [0.1, 0.15) is 18.9 Å². The molecule has 0 unspecified atom stereocenters. The first-order valence-electron chi connectivity index (χ1n) is 6.94. The Kier molecular flexibility index (Phi) is 4.43. The number of carbonyl (C=O) groups excluding carboxylic acids is 1. The third kappa shape index (κ3) is 3.26. The minimum atomic E-state index is 0.0682. The summed E-state index contributed by atoms with van der Waals surface area (Å²) >= 11 is 0. The lowest BCUT2D eigenvalue weighted by Crippen LogP contribution is -2.44. The third-order valence-electron chi connectivity index (χ3n) is 3.74. The number of nitrogens with one attached hydrogen (secondary N) is 1. The number of anilines is 2. The Morgan fingerprint density at radius 3 is 2.58 bits per heavy atom. The fourth-order valence-corrected chi connectivity index (χ4v) is 2.39. The van der Waals surface area contributed by atoms with Gasteiger partial charge in [-0.25, -0.2) is 0 Å². The van der Waals surface area contributed by atoms with Crippen molar-refractivity contribution in [2.24, 2.45) is 0 Å². The molecule has 0 atom stereocenters. The van der Waals surface area contributed by atoms with E-state index in [4.69, 9.17) is 0 Å². The van der Waals surface area contributed by atoms with Crippen LogP contribution >= 0.6 is 0 Å². The van der Waals surface area contributed by atoms with Crippen LogP contribution in [0.2, 0.25) is 0 Å². The highest BCUT2D eigenvalue weighted by atomic mass is 16.1. The lowest BCUT2D eigenvalue weighted by Gasteiger charge is -2.35. The first-order valence-corrected chi connectivity index (χ1v) is 6.94. The maximum Gasteiger partial charge on any atom is 0.224 e. The van der Waals surface area contributed by atoms with Crippen molar-refractivity contribution < 1.29 is 4.79 Å². The molecule has 0 bridgehead atoms. The molecule has 0 aliphatic carbocycles. The molecule has 1 N–H and O–H groups in total. The first kappa shape index (κ1) is 13.9. The second-order valence-electron chi connectivity index (χ2n) is 5.14. The molecular weight excluding hydrogens is 238 g/mol. The number of hydrogen-bond donors (Lipinski definition) is 1. The number of rotatable bonds is 3. The molecule has 1 aliphatic heterocycles. The van der Waals surface area contributed by atoms with Crippen molar-refractivity contribution in [3.8, 4) is 0 Å². The topological polar surface area (TPSA) is 35.6 Å². The molecule has 19 heavy (non-hydrogen) atoms. The molecule has 1 aliphatic rings. The molecule has 4 heteroatoms. The molecule has 0 spiro atoms. The quantitative estimate of drug-likeness (QED) is 0.905. The van der Waals surface area contributed by atoms with Crippen LogP contribution in [0.15, 0.2) is 18.2 Å². The number of piperazine rings is 1. The van der Waals surface area contributed by atoms with E-state index in [9.17, 15) is 4.79 Å². The van der Waals surface area contributed by atoms with Gasteiger partial charge in [-0.3, -0.25) is 4.79 Å². The standard InChI is InChI=1S/C15H23N3O/c1-4-15(19)16-13-6-5-7-14(12(13)2)18-10-8-17(3)9-11-18/h5-7H,4,8-11H2,1-3H3,(H,16,19). The number of amides is 1. The minimum Gasteiger partial charge on any atom is -0.369 e. The Morgan fingerprint density at radius 2 is 1.95 bits per heavy atom. The summed E-state index contributed by atoms with van der Waals surface area (Å²) in [7, 11) is 2.15. The fourth-order valence-electron chi connectivity index (χ4n) is 2.39.